The van der Waals surface area contributed by atoms with E-state index in [-0.39, 0.29) is 5.91 Å². The SMILES string of the molecule is O=C(C[NH+]1CCCCC1)NN=C(c1ccccc1)c1ccccc1. The van der Waals surface area contributed by atoms with Crippen LogP contribution >= 0.6 is 0 Å². The van der Waals surface area contributed by atoms with E-state index in [2.05, 4.69) is 10.5 Å². The number of hydrazone groups is 1. The maximum Gasteiger partial charge on any atom is 0.295 e. The fourth-order valence-corrected chi connectivity index (χ4v) is 3.10. The molecule has 2 aromatic rings. The number of amides is 1. The van der Waals surface area contributed by atoms with Gasteiger partial charge in [0.2, 0.25) is 0 Å². The molecule has 0 aromatic heterocycles. The summed E-state index contributed by atoms with van der Waals surface area (Å²) in [5, 5.41) is 4.43. The number of piperidine rings is 1. The van der Waals surface area contributed by atoms with Gasteiger partial charge in [0.1, 0.15) is 0 Å². The van der Waals surface area contributed by atoms with E-state index in [0.29, 0.717) is 6.54 Å². The van der Waals surface area contributed by atoms with E-state index in [9.17, 15) is 4.79 Å². The Hall–Kier alpha value is -2.46. The lowest BCUT2D eigenvalue weighted by atomic mass is 10.0. The molecule has 2 aromatic carbocycles. The summed E-state index contributed by atoms with van der Waals surface area (Å²) in [5.41, 5.74) is 5.53. The number of rotatable bonds is 5. The maximum atomic E-state index is 12.2. The van der Waals surface area contributed by atoms with Crippen molar-refractivity contribution in [3.05, 3.63) is 71.8 Å². The summed E-state index contributed by atoms with van der Waals surface area (Å²) in [6.07, 6.45) is 3.71. The van der Waals surface area contributed by atoms with Gasteiger partial charge in [-0.3, -0.25) is 4.79 Å². The Kier molecular flexibility index (Phi) is 5.75. The number of carbonyl (C=O) groups is 1. The molecule has 2 N–H and O–H groups in total. The van der Waals surface area contributed by atoms with E-state index in [0.717, 1.165) is 29.9 Å². The van der Waals surface area contributed by atoms with Crippen molar-refractivity contribution in [2.75, 3.05) is 19.6 Å². The van der Waals surface area contributed by atoms with Crippen molar-refractivity contribution in [3.63, 3.8) is 0 Å². The Balaban J connectivity index is 1.73. The second-order valence-corrected chi connectivity index (χ2v) is 6.21. The monoisotopic (exact) mass is 322 g/mol. The summed E-state index contributed by atoms with van der Waals surface area (Å²) in [7, 11) is 0. The highest BCUT2D eigenvalue weighted by Gasteiger charge is 2.17. The summed E-state index contributed by atoms with van der Waals surface area (Å²) in [5.74, 6) is -0.0173. The molecule has 24 heavy (non-hydrogen) atoms. The molecule has 3 rings (SSSR count). The highest BCUT2D eigenvalue weighted by Crippen LogP contribution is 2.10. The predicted molar refractivity (Wildman–Crippen MR) is 96.1 cm³/mol. The quantitative estimate of drug-likeness (QED) is 0.638. The molecule has 0 saturated carbocycles. The molecule has 1 heterocycles. The topological polar surface area (TPSA) is 45.9 Å². The van der Waals surface area contributed by atoms with Gasteiger partial charge in [0.15, 0.2) is 6.54 Å². The Morgan fingerprint density at radius 3 is 1.96 bits per heavy atom. The number of nitrogens with one attached hydrogen (secondary N) is 2. The van der Waals surface area contributed by atoms with Crippen molar-refractivity contribution in [2.24, 2.45) is 5.10 Å². The van der Waals surface area contributed by atoms with Crippen molar-refractivity contribution < 1.29 is 9.69 Å². The molecule has 0 bridgehead atoms. The standard InChI is InChI=1S/C20H23N3O/c24-19(16-23-14-8-3-9-15-23)21-22-20(17-10-4-1-5-11-17)18-12-6-2-7-13-18/h1-2,4-7,10-13H,3,8-9,14-16H2,(H,21,24)/p+1. The fourth-order valence-electron chi connectivity index (χ4n) is 3.10. The molecule has 0 spiro atoms. The average Bonchev–Trinajstić information content (AvgIpc) is 2.64. The van der Waals surface area contributed by atoms with E-state index in [4.69, 9.17) is 0 Å². The van der Waals surface area contributed by atoms with Gasteiger partial charge in [-0.25, -0.2) is 5.43 Å². The Labute approximate surface area is 143 Å². The van der Waals surface area contributed by atoms with E-state index >= 15 is 0 Å². The lowest BCUT2D eigenvalue weighted by Crippen LogP contribution is -3.13. The summed E-state index contributed by atoms with van der Waals surface area (Å²) < 4.78 is 0. The first-order valence-electron chi connectivity index (χ1n) is 8.64. The molecule has 0 radical (unpaired) electrons. The number of nitrogens with zero attached hydrogens (tertiary/aromatic N) is 1. The summed E-state index contributed by atoms with van der Waals surface area (Å²) in [6.45, 7) is 2.67. The van der Waals surface area contributed by atoms with Crippen molar-refractivity contribution in [3.8, 4) is 0 Å². The molecule has 1 amide bonds. The van der Waals surface area contributed by atoms with Crippen LogP contribution < -0.4 is 10.3 Å². The zero-order valence-electron chi connectivity index (χ0n) is 13.9. The lowest BCUT2D eigenvalue weighted by Gasteiger charge is -2.22. The third kappa shape index (κ3) is 4.52. The van der Waals surface area contributed by atoms with E-state index in [1.165, 1.54) is 24.2 Å². The van der Waals surface area contributed by atoms with Crippen LogP contribution in [0.3, 0.4) is 0 Å². The van der Waals surface area contributed by atoms with E-state index in [1.54, 1.807) is 0 Å². The molecule has 0 unspecified atom stereocenters. The second-order valence-electron chi connectivity index (χ2n) is 6.21. The smallest absolute Gasteiger partial charge is 0.295 e. The molecule has 124 valence electrons. The Morgan fingerprint density at radius 2 is 1.42 bits per heavy atom. The van der Waals surface area contributed by atoms with Crippen molar-refractivity contribution in [2.45, 2.75) is 19.3 Å². The highest BCUT2D eigenvalue weighted by molar-refractivity contribution is 6.13. The van der Waals surface area contributed by atoms with Crippen LogP contribution in [0.15, 0.2) is 65.8 Å². The van der Waals surface area contributed by atoms with Gasteiger partial charge in [0.05, 0.1) is 18.8 Å². The van der Waals surface area contributed by atoms with Crippen LogP contribution in [-0.4, -0.2) is 31.3 Å². The number of carbonyl (C=O) groups excluding carboxylic acids is 1. The molecule has 0 aliphatic carbocycles. The maximum absolute atomic E-state index is 12.2. The minimum absolute atomic E-state index is 0.0173. The first-order chi connectivity index (χ1) is 11.8. The minimum Gasteiger partial charge on any atom is -0.327 e. The zero-order chi connectivity index (χ0) is 16.6. The van der Waals surface area contributed by atoms with Gasteiger partial charge >= 0.3 is 0 Å². The number of hydrogen-bond donors (Lipinski definition) is 2. The molecular weight excluding hydrogens is 298 g/mol. The van der Waals surface area contributed by atoms with Crippen LogP contribution in [0.2, 0.25) is 0 Å². The summed E-state index contributed by atoms with van der Waals surface area (Å²) in [6, 6.07) is 19.9. The van der Waals surface area contributed by atoms with Gasteiger partial charge in [-0.15, -0.1) is 0 Å². The van der Waals surface area contributed by atoms with Crippen molar-refractivity contribution in [1.82, 2.24) is 5.43 Å². The molecule has 1 saturated heterocycles. The second kappa shape index (κ2) is 8.41. The predicted octanol–water partition coefficient (Wildman–Crippen LogP) is 1.62. The molecule has 1 aliphatic rings. The Morgan fingerprint density at radius 1 is 0.875 bits per heavy atom. The van der Waals surface area contributed by atoms with Crippen LogP contribution in [-0.2, 0) is 4.79 Å². The van der Waals surface area contributed by atoms with Crippen LogP contribution in [0.4, 0.5) is 0 Å². The third-order valence-corrected chi connectivity index (χ3v) is 4.36. The molecule has 0 atom stereocenters. The Bertz CT molecular complexity index is 635. The molecule has 1 fully saturated rings. The fraction of sp³-hybridized carbons (Fsp3) is 0.300. The van der Waals surface area contributed by atoms with Gasteiger partial charge in [0.25, 0.3) is 5.91 Å². The van der Waals surface area contributed by atoms with E-state index < -0.39 is 0 Å². The van der Waals surface area contributed by atoms with E-state index in [1.807, 2.05) is 60.7 Å². The number of hydrogen-bond acceptors (Lipinski definition) is 2. The summed E-state index contributed by atoms with van der Waals surface area (Å²) in [4.78, 5) is 13.6. The molecular formula is C20H24N3O+. The summed E-state index contributed by atoms with van der Waals surface area (Å²) >= 11 is 0. The highest BCUT2D eigenvalue weighted by atomic mass is 16.2. The van der Waals surface area contributed by atoms with Crippen LogP contribution in [0, 0.1) is 0 Å². The minimum atomic E-state index is -0.0173. The molecule has 1 aliphatic heterocycles. The van der Waals surface area contributed by atoms with Crippen LogP contribution in [0.25, 0.3) is 0 Å². The number of likely N-dealkylation sites (tertiary alicyclic amines) is 1. The van der Waals surface area contributed by atoms with Crippen molar-refractivity contribution >= 4 is 11.6 Å². The van der Waals surface area contributed by atoms with Crippen LogP contribution in [0.1, 0.15) is 30.4 Å². The number of benzene rings is 2. The largest absolute Gasteiger partial charge is 0.327 e. The molecule has 4 nitrogen and oxygen atoms in total. The lowest BCUT2D eigenvalue weighted by molar-refractivity contribution is -0.896. The first-order valence-corrected chi connectivity index (χ1v) is 8.64. The third-order valence-electron chi connectivity index (χ3n) is 4.36. The van der Waals surface area contributed by atoms with Crippen molar-refractivity contribution in [1.29, 1.82) is 0 Å². The van der Waals surface area contributed by atoms with Gasteiger partial charge in [-0.1, -0.05) is 60.7 Å². The zero-order valence-corrected chi connectivity index (χ0v) is 13.9. The van der Waals surface area contributed by atoms with Gasteiger partial charge in [0, 0.05) is 11.1 Å². The first kappa shape index (κ1) is 16.4. The van der Waals surface area contributed by atoms with Gasteiger partial charge < -0.3 is 4.90 Å². The normalized spacial score (nSPS) is 14.8. The van der Waals surface area contributed by atoms with Gasteiger partial charge in [-0.05, 0) is 19.3 Å². The average molecular weight is 322 g/mol. The molecule has 4 heteroatoms. The van der Waals surface area contributed by atoms with Gasteiger partial charge in [-0.2, -0.15) is 5.10 Å². The van der Waals surface area contributed by atoms with Crippen LogP contribution in [0.5, 0.6) is 0 Å². The number of quaternary nitrogens is 1.